The normalized spacial score (nSPS) is 9.97. The monoisotopic (exact) mass is 401 g/mol. The molecule has 0 radical (unpaired) electrons. The van der Waals surface area contributed by atoms with Crippen LogP contribution in [0.3, 0.4) is 0 Å². The number of nitrogens with zero attached hydrogens (tertiary/aromatic N) is 1. The first-order valence-corrected chi connectivity index (χ1v) is 8.47. The van der Waals surface area contributed by atoms with E-state index in [-0.39, 0.29) is 29.5 Å². The highest BCUT2D eigenvalue weighted by Gasteiger charge is 2.18. The third-order valence-corrected chi connectivity index (χ3v) is 3.68. The zero-order valence-electron chi connectivity index (χ0n) is 15.5. The number of rotatable bonds is 9. The summed E-state index contributed by atoms with van der Waals surface area (Å²) in [5, 5.41) is 15.8. The maximum Gasteiger partial charge on any atom is 0.325 e. The molecular formula is C19H19N3O7. The van der Waals surface area contributed by atoms with Gasteiger partial charge in [-0.2, -0.15) is 0 Å². The van der Waals surface area contributed by atoms with E-state index in [4.69, 9.17) is 9.47 Å². The topological polar surface area (TPSA) is 137 Å². The lowest BCUT2D eigenvalue weighted by molar-refractivity contribution is -0.384. The molecule has 10 nitrogen and oxygen atoms in total. The third-order valence-electron chi connectivity index (χ3n) is 3.68. The Bertz CT molecular complexity index is 900. The lowest BCUT2D eigenvalue weighted by Crippen LogP contribution is -2.33. The van der Waals surface area contributed by atoms with E-state index in [9.17, 15) is 24.5 Å². The fourth-order valence-corrected chi connectivity index (χ4v) is 2.29. The average Bonchev–Trinajstić information content (AvgIpc) is 2.71. The van der Waals surface area contributed by atoms with Gasteiger partial charge in [-0.3, -0.25) is 24.5 Å². The lowest BCUT2D eigenvalue weighted by Gasteiger charge is -2.09. The fraction of sp³-hybridized carbons (Fsp3) is 0.211. The molecule has 2 amide bonds. The molecule has 0 atom stereocenters. The number of esters is 1. The van der Waals surface area contributed by atoms with Gasteiger partial charge in [-0.05, 0) is 17.7 Å². The molecule has 2 rings (SSSR count). The molecule has 0 aliphatic carbocycles. The molecule has 2 aromatic carbocycles. The van der Waals surface area contributed by atoms with E-state index in [1.165, 1.54) is 19.2 Å². The van der Waals surface area contributed by atoms with Crippen LogP contribution in [0.15, 0.2) is 48.5 Å². The molecule has 0 aromatic heterocycles. The van der Waals surface area contributed by atoms with Crippen molar-refractivity contribution in [2.24, 2.45) is 0 Å². The standard InChI is InChI=1S/C19H19N3O7/c1-28-14-7-8-15(16(10-14)22(26)27)21-18(24)12-29-19(25)11-20-17(23)9-13-5-3-2-4-6-13/h2-8,10H,9,11-12H2,1H3,(H,20,23)(H,21,24). The number of carbonyl (C=O) groups excluding carboxylic acids is 3. The van der Waals surface area contributed by atoms with Crippen molar-refractivity contribution in [3.05, 3.63) is 64.2 Å². The van der Waals surface area contributed by atoms with Crippen molar-refractivity contribution in [1.82, 2.24) is 5.32 Å². The molecule has 0 unspecified atom stereocenters. The van der Waals surface area contributed by atoms with Gasteiger partial charge in [-0.1, -0.05) is 30.3 Å². The van der Waals surface area contributed by atoms with Crippen LogP contribution in [0.1, 0.15) is 5.56 Å². The van der Waals surface area contributed by atoms with Crippen molar-refractivity contribution in [1.29, 1.82) is 0 Å². The number of methoxy groups -OCH3 is 1. The number of amides is 2. The van der Waals surface area contributed by atoms with Crippen molar-refractivity contribution in [3.63, 3.8) is 0 Å². The van der Waals surface area contributed by atoms with Crippen LogP contribution in [0.5, 0.6) is 5.75 Å². The van der Waals surface area contributed by atoms with Gasteiger partial charge < -0.3 is 20.1 Å². The van der Waals surface area contributed by atoms with Crippen LogP contribution in [0.25, 0.3) is 0 Å². The molecule has 29 heavy (non-hydrogen) atoms. The van der Waals surface area contributed by atoms with Crippen molar-refractivity contribution in [2.75, 3.05) is 25.6 Å². The zero-order valence-corrected chi connectivity index (χ0v) is 15.5. The van der Waals surface area contributed by atoms with Gasteiger partial charge in [0.2, 0.25) is 5.91 Å². The van der Waals surface area contributed by atoms with E-state index in [2.05, 4.69) is 10.6 Å². The summed E-state index contributed by atoms with van der Waals surface area (Å²) < 4.78 is 9.67. The average molecular weight is 401 g/mol. The minimum Gasteiger partial charge on any atom is -0.496 e. The summed E-state index contributed by atoms with van der Waals surface area (Å²) in [4.78, 5) is 45.8. The number of anilines is 1. The highest BCUT2D eigenvalue weighted by molar-refractivity contribution is 5.95. The van der Waals surface area contributed by atoms with E-state index in [1.807, 2.05) is 6.07 Å². The van der Waals surface area contributed by atoms with Crippen LogP contribution in [-0.4, -0.2) is 43.0 Å². The van der Waals surface area contributed by atoms with Gasteiger partial charge in [0, 0.05) is 0 Å². The highest BCUT2D eigenvalue weighted by Crippen LogP contribution is 2.28. The van der Waals surface area contributed by atoms with E-state index in [0.717, 1.165) is 11.6 Å². The number of nitro benzene ring substituents is 1. The van der Waals surface area contributed by atoms with Crippen molar-refractivity contribution < 1.29 is 28.8 Å². The number of nitrogens with one attached hydrogen (secondary N) is 2. The molecule has 0 saturated carbocycles. The largest absolute Gasteiger partial charge is 0.496 e. The molecule has 152 valence electrons. The molecule has 0 aliphatic rings. The molecule has 2 aromatic rings. The van der Waals surface area contributed by atoms with E-state index in [0.29, 0.717) is 0 Å². The van der Waals surface area contributed by atoms with Crippen LogP contribution < -0.4 is 15.4 Å². The van der Waals surface area contributed by atoms with Crippen LogP contribution in [0.4, 0.5) is 11.4 Å². The molecule has 2 N–H and O–H groups in total. The van der Waals surface area contributed by atoms with Gasteiger partial charge in [-0.15, -0.1) is 0 Å². The number of hydrogen-bond acceptors (Lipinski definition) is 7. The SMILES string of the molecule is COc1ccc(NC(=O)COC(=O)CNC(=O)Cc2ccccc2)c([N+](=O)[O-])c1. The molecule has 0 bridgehead atoms. The van der Waals surface area contributed by atoms with E-state index < -0.39 is 30.0 Å². The summed E-state index contributed by atoms with van der Waals surface area (Å²) in [6.45, 7) is -1.06. The maximum absolute atomic E-state index is 11.9. The van der Waals surface area contributed by atoms with Gasteiger partial charge in [0.1, 0.15) is 18.0 Å². The highest BCUT2D eigenvalue weighted by atomic mass is 16.6. The van der Waals surface area contributed by atoms with Gasteiger partial charge in [0.25, 0.3) is 11.6 Å². The summed E-state index contributed by atoms with van der Waals surface area (Å²) in [5.41, 5.74) is 0.365. The summed E-state index contributed by atoms with van der Waals surface area (Å²) in [5.74, 6) is -1.69. The number of carbonyl (C=O) groups is 3. The van der Waals surface area contributed by atoms with E-state index in [1.54, 1.807) is 24.3 Å². The summed E-state index contributed by atoms with van der Waals surface area (Å²) in [6.07, 6.45) is 0.107. The second-order valence-corrected chi connectivity index (χ2v) is 5.79. The van der Waals surface area contributed by atoms with Gasteiger partial charge in [-0.25, -0.2) is 0 Å². The minimum absolute atomic E-state index is 0.0620. The summed E-state index contributed by atoms with van der Waals surface area (Å²) in [7, 11) is 1.36. The quantitative estimate of drug-likeness (QED) is 0.368. The first-order valence-electron chi connectivity index (χ1n) is 8.47. The number of benzene rings is 2. The fourth-order valence-electron chi connectivity index (χ4n) is 2.29. The van der Waals surface area contributed by atoms with Crippen LogP contribution in [0, 0.1) is 10.1 Å². The minimum atomic E-state index is -0.814. The van der Waals surface area contributed by atoms with Gasteiger partial charge >= 0.3 is 5.97 Å². The van der Waals surface area contributed by atoms with Crippen molar-refractivity contribution in [2.45, 2.75) is 6.42 Å². The predicted molar refractivity (Wildman–Crippen MR) is 102 cm³/mol. The van der Waals surface area contributed by atoms with Crippen LogP contribution in [0.2, 0.25) is 0 Å². The maximum atomic E-state index is 11.9. The van der Waals surface area contributed by atoms with Crippen molar-refractivity contribution >= 4 is 29.2 Å². The Morgan fingerprint density at radius 3 is 2.45 bits per heavy atom. The summed E-state index contributed by atoms with van der Waals surface area (Å²) in [6, 6.07) is 12.9. The Morgan fingerprint density at radius 2 is 1.79 bits per heavy atom. The molecular weight excluding hydrogens is 382 g/mol. The van der Waals surface area contributed by atoms with Crippen LogP contribution in [-0.2, 0) is 25.5 Å². The first kappa shape index (κ1) is 21.4. The van der Waals surface area contributed by atoms with Gasteiger partial charge in [0.05, 0.1) is 24.5 Å². The predicted octanol–water partition coefficient (Wildman–Crippen LogP) is 1.44. The van der Waals surface area contributed by atoms with Crippen LogP contribution >= 0.6 is 0 Å². The number of hydrogen-bond donors (Lipinski definition) is 2. The number of ether oxygens (including phenoxy) is 2. The first-order chi connectivity index (χ1) is 13.9. The lowest BCUT2D eigenvalue weighted by atomic mass is 10.1. The van der Waals surface area contributed by atoms with Crippen molar-refractivity contribution in [3.8, 4) is 5.75 Å². The Kier molecular flexibility index (Phi) is 7.66. The number of nitro groups is 1. The van der Waals surface area contributed by atoms with Gasteiger partial charge in [0.15, 0.2) is 6.61 Å². The summed E-state index contributed by atoms with van der Waals surface area (Å²) >= 11 is 0. The second-order valence-electron chi connectivity index (χ2n) is 5.79. The molecule has 0 aliphatic heterocycles. The van der Waals surface area contributed by atoms with E-state index >= 15 is 0 Å². The smallest absolute Gasteiger partial charge is 0.325 e. The second kappa shape index (κ2) is 10.4. The Morgan fingerprint density at radius 1 is 1.07 bits per heavy atom. The molecule has 0 fully saturated rings. The molecule has 10 heteroatoms. The Balaban J connectivity index is 1.78. The molecule has 0 saturated heterocycles. The zero-order chi connectivity index (χ0) is 21.2. The molecule has 0 spiro atoms. The third kappa shape index (κ3) is 6.94. The Hall–Kier alpha value is -3.95. The molecule has 0 heterocycles. The Labute approximate surface area is 166 Å².